The Morgan fingerprint density at radius 1 is 0.864 bits per heavy atom. The second-order valence-electron chi connectivity index (χ2n) is 5.54. The summed E-state index contributed by atoms with van der Waals surface area (Å²) < 4.78 is 5.81. The smallest absolute Gasteiger partial charge is 0.247 e. The molecule has 0 radical (unpaired) electrons. The minimum absolute atomic E-state index is 0.213. The zero-order valence-electron chi connectivity index (χ0n) is 12.2. The highest BCUT2D eigenvalue weighted by Gasteiger charge is 2.22. The van der Waals surface area contributed by atoms with Gasteiger partial charge in [0.15, 0.2) is 0 Å². The van der Waals surface area contributed by atoms with Crippen LogP contribution in [0.3, 0.4) is 0 Å². The average molecular weight is 291 g/mol. The SMILES string of the molecule is c1ccc(-c2ccc(-c3nnc(C4CCCN4)o3)cc2)cc1. The molecule has 0 spiro atoms. The molecule has 1 aliphatic heterocycles. The summed E-state index contributed by atoms with van der Waals surface area (Å²) in [4.78, 5) is 0. The molecular weight excluding hydrogens is 274 g/mol. The minimum atomic E-state index is 0.213. The van der Waals surface area contributed by atoms with Crippen molar-refractivity contribution in [1.82, 2.24) is 15.5 Å². The third-order valence-electron chi connectivity index (χ3n) is 4.04. The summed E-state index contributed by atoms with van der Waals surface area (Å²) in [6, 6.07) is 18.8. The summed E-state index contributed by atoms with van der Waals surface area (Å²) in [7, 11) is 0. The van der Waals surface area contributed by atoms with Gasteiger partial charge < -0.3 is 9.73 Å². The first-order valence-corrected chi connectivity index (χ1v) is 7.63. The summed E-state index contributed by atoms with van der Waals surface area (Å²) in [5, 5.41) is 11.7. The molecule has 1 saturated heterocycles. The van der Waals surface area contributed by atoms with Gasteiger partial charge in [-0.2, -0.15) is 0 Å². The molecule has 1 atom stereocenters. The Balaban J connectivity index is 1.58. The number of nitrogens with zero attached hydrogens (tertiary/aromatic N) is 2. The number of aromatic nitrogens is 2. The number of benzene rings is 2. The summed E-state index contributed by atoms with van der Waals surface area (Å²) in [6.07, 6.45) is 2.22. The van der Waals surface area contributed by atoms with E-state index < -0.39 is 0 Å². The first-order chi connectivity index (χ1) is 10.9. The molecule has 1 unspecified atom stereocenters. The zero-order chi connectivity index (χ0) is 14.8. The lowest BCUT2D eigenvalue weighted by Crippen LogP contribution is -2.12. The molecule has 2 aromatic carbocycles. The molecule has 1 fully saturated rings. The monoisotopic (exact) mass is 291 g/mol. The van der Waals surface area contributed by atoms with E-state index in [2.05, 4.69) is 39.8 Å². The molecular formula is C18H17N3O. The van der Waals surface area contributed by atoms with Crippen molar-refractivity contribution in [3.8, 4) is 22.6 Å². The van der Waals surface area contributed by atoms with E-state index in [0.29, 0.717) is 11.8 Å². The van der Waals surface area contributed by atoms with Crippen LogP contribution < -0.4 is 5.32 Å². The highest BCUT2D eigenvalue weighted by atomic mass is 16.4. The molecule has 0 saturated carbocycles. The molecule has 3 aromatic rings. The van der Waals surface area contributed by atoms with E-state index in [1.807, 2.05) is 30.3 Å². The van der Waals surface area contributed by atoms with Crippen molar-refractivity contribution in [2.75, 3.05) is 6.54 Å². The van der Waals surface area contributed by atoms with Crippen molar-refractivity contribution in [3.05, 3.63) is 60.5 Å². The molecule has 1 aromatic heterocycles. The molecule has 2 heterocycles. The Morgan fingerprint density at radius 2 is 1.59 bits per heavy atom. The predicted molar refractivity (Wildman–Crippen MR) is 85.1 cm³/mol. The Labute approximate surface area is 129 Å². The van der Waals surface area contributed by atoms with Gasteiger partial charge in [0.1, 0.15) is 0 Å². The van der Waals surface area contributed by atoms with Crippen molar-refractivity contribution in [2.24, 2.45) is 0 Å². The van der Waals surface area contributed by atoms with Crippen LogP contribution in [-0.2, 0) is 0 Å². The predicted octanol–water partition coefficient (Wildman–Crippen LogP) is 3.83. The fourth-order valence-electron chi connectivity index (χ4n) is 2.82. The first-order valence-electron chi connectivity index (χ1n) is 7.63. The highest BCUT2D eigenvalue weighted by Crippen LogP contribution is 2.27. The lowest BCUT2D eigenvalue weighted by atomic mass is 10.0. The standard InChI is InChI=1S/C18H17N3O/c1-2-5-13(6-3-1)14-8-10-15(11-9-14)17-20-21-18(22-17)16-7-4-12-19-16/h1-3,5-6,8-11,16,19H,4,7,12H2. The van der Waals surface area contributed by atoms with Gasteiger partial charge >= 0.3 is 0 Å². The Morgan fingerprint density at radius 3 is 2.32 bits per heavy atom. The van der Waals surface area contributed by atoms with E-state index in [4.69, 9.17) is 4.42 Å². The Bertz CT molecular complexity index is 744. The normalized spacial score (nSPS) is 17.7. The molecule has 0 bridgehead atoms. The van der Waals surface area contributed by atoms with E-state index >= 15 is 0 Å². The van der Waals surface area contributed by atoms with Crippen LogP contribution in [0.2, 0.25) is 0 Å². The third-order valence-corrected chi connectivity index (χ3v) is 4.04. The van der Waals surface area contributed by atoms with Crippen LogP contribution >= 0.6 is 0 Å². The zero-order valence-corrected chi connectivity index (χ0v) is 12.2. The number of hydrogen-bond donors (Lipinski definition) is 1. The summed E-state index contributed by atoms with van der Waals surface area (Å²) in [5.74, 6) is 1.28. The van der Waals surface area contributed by atoms with E-state index in [-0.39, 0.29) is 6.04 Å². The summed E-state index contributed by atoms with van der Waals surface area (Å²) >= 11 is 0. The number of rotatable bonds is 3. The topological polar surface area (TPSA) is 51.0 Å². The van der Waals surface area contributed by atoms with Gasteiger partial charge in [0, 0.05) is 5.56 Å². The lowest BCUT2D eigenvalue weighted by molar-refractivity contribution is 0.437. The Hall–Kier alpha value is -2.46. The molecule has 0 amide bonds. The fraction of sp³-hybridized carbons (Fsp3) is 0.222. The molecule has 1 aliphatic rings. The number of hydrogen-bond acceptors (Lipinski definition) is 4. The van der Waals surface area contributed by atoms with Crippen LogP contribution in [0, 0.1) is 0 Å². The fourth-order valence-corrected chi connectivity index (χ4v) is 2.82. The van der Waals surface area contributed by atoms with E-state index in [1.54, 1.807) is 0 Å². The van der Waals surface area contributed by atoms with Crippen LogP contribution in [0.4, 0.5) is 0 Å². The molecule has 4 nitrogen and oxygen atoms in total. The first kappa shape index (κ1) is 13.2. The van der Waals surface area contributed by atoms with Gasteiger partial charge in [-0.25, -0.2) is 0 Å². The van der Waals surface area contributed by atoms with Crippen molar-refractivity contribution in [3.63, 3.8) is 0 Å². The maximum atomic E-state index is 5.81. The molecule has 110 valence electrons. The van der Waals surface area contributed by atoms with E-state index in [1.165, 1.54) is 11.1 Å². The van der Waals surface area contributed by atoms with Gasteiger partial charge in [-0.1, -0.05) is 42.5 Å². The van der Waals surface area contributed by atoms with Crippen LogP contribution in [0.25, 0.3) is 22.6 Å². The van der Waals surface area contributed by atoms with Crippen LogP contribution in [0.1, 0.15) is 24.8 Å². The minimum Gasteiger partial charge on any atom is -0.419 e. The van der Waals surface area contributed by atoms with Gasteiger partial charge in [-0.05, 0) is 42.6 Å². The largest absolute Gasteiger partial charge is 0.419 e. The van der Waals surface area contributed by atoms with Crippen molar-refractivity contribution >= 4 is 0 Å². The second kappa shape index (κ2) is 5.73. The molecule has 22 heavy (non-hydrogen) atoms. The lowest BCUT2D eigenvalue weighted by Gasteiger charge is -2.03. The van der Waals surface area contributed by atoms with Gasteiger partial charge in [0.05, 0.1) is 6.04 Å². The molecule has 4 heteroatoms. The van der Waals surface area contributed by atoms with Crippen molar-refractivity contribution < 1.29 is 4.42 Å². The Kier molecular flexibility index (Phi) is 3.45. The maximum absolute atomic E-state index is 5.81. The van der Waals surface area contributed by atoms with E-state index in [0.717, 1.165) is 24.9 Å². The molecule has 4 rings (SSSR count). The summed E-state index contributed by atoms with van der Waals surface area (Å²) in [5.41, 5.74) is 3.34. The van der Waals surface area contributed by atoms with Crippen LogP contribution in [-0.4, -0.2) is 16.7 Å². The van der Waals surface area contributed by atoms with Crippen molar-refractivity contribution in [2.45, 2.75) is 18.9 Å². The molecule has 0 aliphatic carbocycles. The summed E-state index contributed by atoms with van der Waals surface area (Å²) in [6.45, 7) is 1.02. The van der Waals surface area contributed by atoms with Gasteiger partial charge in [0.2, 0.25) is 11.8 Å². The third kappa shape index (κ3) is 2.53. The van der Waals surface area contributed by atoms with Gasteiger partial charge in [0.25, 0.3) is 0 Å². The maximum Gasteiger partial charge on any atom is 0.247 e. The van der Waals surface area contributed by atoms with Crippen LogP contribution in [0.15, 0.2) is 59.0 Å². The number of nitrogens with one attached hydrogen (secondary N) is 1. The molecule has 1 N–H and O–H groups in total. The quantitative estimate of drug-likeness (QED) is 0.797. The second-order valence-corrected chi connectivity index (χ2v) is 5.54. The van der Waals surface area contributed by atoms with Crippen molar-refractivity contribution in [1.29, 1.82) is 0 Å². The van der Waals surface area contributed by atoms with Gasteiger partial charge in [-0.3, -0.25) is 0 Å². The highest BCUT2D eigenvalue weighted by molar-refractivity contribution is 5.67. The average Bonchev–Trinajstić information content (AvgIpc) is 3.27. The van der Waals surface area contributed by atoms with Gasteiger partial charge in [-0.15, -0.1) is 10.2 Å². The van der Waals surface area contributed by atoms with E-state index in [9.17, 15) is 0 Å². The van der Waals surface area contributed by atoms with Crippen LogP contribution in [0.5, 0.6) is 0 Å².